The Bertz CT molecular complexity index is 843. The maximum absolute atomic E-state index is 12.4. The zero-order chi connectivity index (χ0) is 16.2. The fourth-order valence-corrected chi connectivity index (χ4v) is 2.70. The van der Waals surface area contributed by atoms with E-state index in [1.54, 1.807) is 12.1 Å². The average Bonchev–Trinajstić information content (AvgIpc) is 3.07. The summed E-state index contributed by atoms with van der Waals surface area (Å²) in [6, 6.07) is 15.1. The second kappa shape index (κ2) is 6.32. The minimum atomic E-state index is -0.295. The third kappa shape index (κ3) is 2.92. The Labute approximate surface area is 133 Å². The summed E-state index contributed by atoms with van der Waals surface area (Å²) in [5, 5.41) is 13.4. The predicted octanol–water partition coefficient (Wildman–Crippen LogP) is 2.21. The van der Waals surface area contributed by atoms with Crippen LogP contribution >= 0.6 is 0 Å². The number of benzene rings is 2. The van der Waals surface area contributed by atoms with Gasteiger partial charge in [0.05, 0.1) is 6.54 Å². The van der Waals surface area contributed by atoms with Crippen LogP contribution in [0.3, 0.4) is 0 Å². The van der Waals surface area contributed by atoms with Crippen molar-refractivity contribution in [1.29, 1.82) is 5.26 Å². The van der Waals surface area contributed by atoms with E-state index in [4.69, 9.17) is 5.26 Å². The highest BCUT2D eigenvalue weighted by atomic mass is 16.2. The number of hydrogen-bond acceptors (Lipinski definition) is 3. The molecule has 3 rings (SSSR count). The monoisotopic (exact) mass is 305 g/mol. The molecule has 0 fully saturated rings. The molecule has 23 heavy (non-hydrogen) atoms. The van der Waals surface area contributed by atoms with E-state index < -0.39 is 0 Å². The molecule has 0 spiro atoms. The van der Waals surface area contributed by atoms with Gasteiger partial charge in [0.15, 0.2) is 0 Å². The first-order chi connectivity index (χ1) is 11.2. The Balaban J connectivity index is 1.71. The average molecular weight is 305 g/mol. The molecule has 5 heteroatoms. The van der Waals surface area contributed by atoms with Crippen LogP contribution in [-0.4, -0.2) is 29.8 Å². The largest absolute Gasteiger partial charge is 0.343 e. The van der Waals surface area contributed by atoms with Crippen LogP contribution in [0.1, 0.15) is 16.8 Å². The van der Waals surface area contributed by atoms with E-state index in [0.29, 0.717) is 24.2 Å². The molecule has 1 aliphatic rings. The Morgan fingerprint density at radius 3 is 2.78 bits per heavy atom. The van der Waals surface area contributed by atoms with E-state index >= 15 is 0 Å². The number of fused-ring (bicyclic) bond motifs is 1. The van der Waals surface area contributed by atoms with Gasteiger partial charge in [-0.1, -0.05) is 36.4 Å². The highest BCUT2D eigenvalue weighted by Crippen LogP contribution is 2.18. The number of nitriles is 1. The Morgan fingerprint density at radius 1 is 1.17 bits per heavy atom. The number of hydrogen-bond donors (Lipinski definition) is 1. The van der Waals surface area contributed by atoms with Crippen molar-refractivity contribution in [2.24, 2.45) is 0 Å². The summed E-state index contributed by atoms with van der Waals surface area (Å²) in [7, 11) is 0. The first-order valence-corrected chi connectivity index (χ1v) is 7.37. The molecule has 0 bridgehead atoms. The lowest BCUT2D eigenvalue weighted by Crippen LogP contribution is -2.38. The van der Waals surface area contributed by atoms with Crippen molar-refractivity contribution >= 4 is 22.6 Å². The van der Waals surface area contributed by atoms with Gasteiger partial charge >= 0.3 is 0 Å². The first-order valence-electron chi connectivity index (χ1n) is 7.37. The molecule has 2 amide bonds. The molecule has 1 aliphatic heterocycles. The topological polar surface area (TPSA) is 73.2 Å². The summed E-state index contributed by atoms with van der Waals surface area (Å²) in [5.41, 5.74) is 0.891. The van der Waals surface area contributed by atoms with Crippen molar-refractivity contribution in [2.75, 3.05) is 13.1 Å². The Kier molecular flexibility index (Phi) is 4.07. The van der Waals surface area contributed by atoms with Crippen molar-refractivity contribution in [3.05, 3.63) is 59.8 Å². The number of carbonyl (C=O) groups is 2. The fourth-order valence-electron chi connectivity index (χ4n) is 2.70. The minimum absolute atomic E-state index is 0.124. The molecule has 5 nitrogen and oxygen atoms in total. The third-order valence-corrected chi connectivity index (χ3v) is 3.83. The van der Waals surface area contributed by atoms with Gasteiger partial charge in [-0.3, -0.25) is 9.59 Å². The van der Waals surface area contributed by atoms with Gasteiger partial charge in [-0.15, -0.1) is 0 Å². The lowest BCUT2D eigenvalue weighted by Gasteiger charge is -2.16. The van der Waals surface area contributed by atoms with Gasteiger partial charge in [-0.2, -0.15) is 5.26 Å². The van der Waals surface area contributed by atoms with E-state index in [-0.39, 0.29) is 18.4 Å². The van der Waals surface area contributed by atoms with E-state index in [1.807, 2.05) is 42.5 Å². The molecule has 114 valence electrons. The summed E-state index contributed by atoms with van der Waals surface area (Å²) in [4.78, 5) is 25.9. The second-order valence-electron chi connectivity index (χ2n) is 5.24. The number of nitrogens with one attached hydrogen (secondary N) is 1. The molecule has 0 radical (unpaired) electrons. The zero-order valence-corrected chi connectivity index (χ0v) is 12.5. The number of allylic oxidation sites excluding steroid dienone is 1. The number of amides is 2. The van der Waals surface area contributed by atoms with Gasteiger partial charge < -0.3 is 10.2 Å². The number of rotatable bonds is 3. The highest BCUT2D eigenvalue weighted by Gasteiger charge is 2.22. The zero-order valence-electron chi connectivity index (χ0n) is 12.5. The van der Waals surface area contributed by atoms with Gasteiger partial charge in [0.25, 0.3) is 5.91 Å². The number of carbonyl (C=O) groups excluding carboxylic acids is 2. The van der Waals surface area contributed by atoms with Gasteiger partial charge in [-0.05, 0) is 29.3 Å². The Hall–Kier alpha value is -3.13. The SMILES string of the molecule is N#CC1=CCCN1C(=O)CNC(=O)c1cccc2ccccc12. The van der Waals surface area contributed by atoms with Crippen molar-refractivity contribution in [1.82, 2.24) is 10.2 Å². The summed E-state index contributed by atoms with van der Waals surface area (Å²) < 4.78 is 0. The molecule has 0 saturated carbocycles. The van der Waals surface area contributed by atoms with Crippen LogP contribution in [-0.2, 0) is 4.79 Å². The molecule has 1 N–H and O–H groups in total. The van der Waals surface area contributed by atoms with E-state index in [0.717, 1.165) is 10.8 Å². The highest BCUT2D eigenvalue weighted by molar-refractivity contribution is 6.07. The summed E-state index contributed by atoms with van der Waals surface area (Å²) in [5.74, 6) is -0.569. The molecular weight excluding hydrogens is 290 g/mol. The first kappa shape index (κ1) is 14.8. The van der Waals surface area contributed by atoms with Crippen LogP contribution in [0.15, 0.2) is 54.2 Å². The summed E-state index contributed by atoms with van der Waals surface area (Å²) >= 11 is 0. The lowest BCUT2D eigenvalue weighted by molar-refractivity contribution is -0.127. The predicted molar refractivity (Wildman–Crippen MR) is 86.3 cm³/mol. The van der Waals surface area contributed by atoms with E-state index in [9.17, 15) is 9.59 Å². The van der Waals surface area contributed by atoms with Crippen LogP contribution in [0.4, 0.5) is 0 Å². The molecule has 0 unspecified atom stereocenters. The van der Waals surface area contributed by atoms with Crippen molar-refractivity contribution in [3.8, 4) is 6.07 Å². The normalized spacial score (nSPS) is 13.5. The lowest BCUT2D eigenvalue weighted by atomic mass is 10.0. The van der Waals surface area contributed by atoms with Crippen LogP contribution in [0.2, 0.25) is 0 Å². The van der Waals surface area contributed by atoms with Crippen molar-refractivity contribution < 1.29 is 9.59 Å². The van der Waals surface area contributed by atoms with Crippen LogP contribution in [0.5, 0.6) is 0 Å². The maximum Gasteiger partial charge on any atom is 0.252 e. The summed E-state index contributed by atoms with van der Waals surface area (Å²) in [6.07, 6.45) is 2.40. The molecule has 0 atom stereocenters. The maximum atomic E-state index is 12.4. The van der Waals surface area contributed by atoms with Gasteiger partial charge in [0.2, 0.25) is 5.91 Å². The van der Waals surface area contributed by atoms with Crippen LogP contribution < -0.4 is 5.32 Å². The van der Waals surface area contributed by atoms with Gasteiger partial charge in [-0.25, -0.2) is 0 Å². The Morgan fingerprint density at radius 2 is 1.96 bits per heavy atom. The molecule has 2 aromatic rings. The van der Waals surface area contributed by atoms with Crippen LogP contribution in [0.25, 0.3) is 10.8 Å². The number of nitrogens with zero attached hydrogens (tertiary/aromatic N) is 2. The van der Waals surface area contributed by atoms with E-state index in [2.05, 4.69) is 5.32 Å². The molecule has 0 aromatic heterocycles. The fraction of sp³-hybridized carbons (Fsp3) is 0.167. The van der Waals surface area contributed by atoms with Crippen molar-refractivity contribution in [2.45, 2.75) is 6.42 Å². The quantitative estimate of drug-likeness (QED) is 0.945. The van der Waals surface area contributed by atoms with Crippen LogP contribution in [0, 0.1) is 11.3 Å². The summed E-state index contributed by atoms with van der Waals surface area (Å²) in [6.45, 7) is 0.368. The molecular formula is C18H15N3O2. The second-order valence-corrected chi connectivity index (χ2v) is 5.24. The molecule has 2 aromatic carbocycles. The molecule has 0 aliphatic carbocycles. The molecule has 1 heterocycles. The van der Waals surface area contributed by atoms with E-state index in [1.165, 1.54) is 4.90 Å². The third-order valence-electron chi connectivity index (χ3n) is 3.83. The minimum Gasteiger partial charge on any atom is -0.343 e. The molecule has 0 saturated heterocycles. The smallest absolute Gasteiger partial charge is 0.252 e. The standard InChI is InChI=1S/C18H15N3O2/c19-11-14-7-4-10-21(14)17(22)12-20-18(23)16-9-3-6-13-5-1-2-8-15(13)16/h1-3,5-9H,4,10,12H2,(H,20,23). The van der Waals surface area contributed by atoms with Gasteiger partial charge in [0, 0.05) is 12.1 Å². The van der Waals surface area contributed by atoms with Gasteiger partial charge in [0.1, 0.15) is 11.8 Å². The van der Waals surface area contributed by atoms with Crippen molar-refractivity contribution in [3.63, 3.8) is 0 Å².